The number of anilines is 1. The number of amides is 3. The maximum Gasteiger partial charge on any atom is 0.329 e. The molecule has 0 bridgehead atoms. The summed E-state index contributed by atoms with van der Waals surface area (Å²) < 4.78 is 38.0. The second-order valence-electron chi connectivity index (χ2n) is 8.98. The van der Waals surface area contributed by atoms with Gasteiger partial charge in [0.1, 0.15) is 6.04 Å². The highest BCUT2D eigenvalue weighted by Gasteiger charge is 2.49. The van der Waals surface area contributed by atoms with Gasteiger partial charge < -0.3 is 19.7 Å². The molecule has 0 saturated heterocycles. The molecule has 0 radical (unpaired) electrons. The number of ether oxygens (including phenoxy) is 2. The van der Waals surface area contributed by atoms with E-state index < -0.39 is 33.3 Å². The lowest BCUT2D eigenvalue weighted by molar-refractivity contribution is -0.120. The summed E-state index contributed by atoms with van der Waals surface area (Å²) in [4.78, 5) is 27.5. The van der Waals surface area contributed by atoms with E-state index in [1.54, 1.807) is 25.2 Å². The third-order valence-electron chi connectivity index (χ3n) is 6.23. The normalized spacial score (nSPS) is 19.4. The Morgan fingerprint density at radius 3 is 2.47 bits per heavy atom. The zero-order valence-corrected chi connectivity index (χ0v) is 20.2. The fraction of sp³-hybridized carbons (Fsp3) is 0.417. The van der Waals surface area contributed by atoms with Crippen LogP contribution in [-0.4, -0.2) is 45.5 Å². The second-order valence-corrected chi connectivity index (χ2v) is 10.9. The summed E-state index contributed by atoms with van der Waals surface area (Å²) in [5.41, 5.74) is 1.38. The third-order valence-corrected chi connectivity index (χ3v) is 8.04. The van der Waals surface area contributed by atoms with Crippen LogP contribution < -0.4 is 24.4 Å². The van der Waals surface area contributed by atoms with Gasteiger partial charge in [0.15, 0.2) is 11.5 Å². The van der Waals surface area contributed by atoms with Gasteiger partial charge in [-0.3, -0.25) is 4.79 Å². The van der Waals surface area contributed by atoms with Crippen LogP contribution in [0.4, 0.5) is 10.5 Å². The van der Waals surface area contributed by atoms with Crippen molar-refractivity contribution in [3.05, 3.63) is 54.1 Å². The lowest BCUT2D eigenvalue weighted by atomic mass is 10.0. The molecule has 182 valence electrons. The van der Waals surface area contributed by atoms with Crippen LogP contribution in [0.2, 0.25) is 0 Å². The summed E-state index contributed by atoms with van der Waals surface area (Å²) in [5.74, 6) is 0.962. The topological polar surface area (TPSA) is 114 Å². The zero-order chi connectivity index (χ0) is 24.5. The maximum absolute atomic E-state index is 13.4. The number of sulfonamides is 1. The van der Waals surface area contributed by atoms with E-state index in [9.17, 15) is 18.0 Å². The molecular weight excluding hydrogens is 458 g/mol. The molecule has 3 unspecified atom stereocenters. The predicted molar refractivity (Wildman–Crippen MR) is 127 cm³/mol. The van der Waals surface area contributed by atoms with Crippen molar-refractivity contribution in [2.75, 3.05) is 18.7 Å². The number of rotatable bonds is 8. The van der Waals surface area contributed by atoms with E-state index in [1.165, 1.54) is 4.90 Å². The molecule has 2 N–H and O–H groups in total. The fourth-order valence-corrected chi connectivity index (χ4v) is 5.86. The van der Waals surface area contributed by atoms with Gasteiger partial charge in [0, 0.05) is 25.2 Å². The summed E-state index contributed by atoms with van der Waals surface area (Å²) in [6.07, 6.45) is 0.722. The van der Waals surface area contributed by atoms with E-state index in [-0.39, 0.29) is 25.0 Å². The SMILES string of the molecule is CC(C)C1CC1S(=O)(=O)NC(=O)NC(Cc1ccccc1)C(=O)N(C)c1ccc2c(c1)OCO2. The number of benzene rings is 2. The lowest BCUT2D eigenvalue weighted by Crippen LogP contribution is -2.53. The first-order valence-corrected chi connectivity index (χ1v) is 12.7. The van der Waals surface area contributed by atoms with Crippen molar-refractivity contribution in [1.82, 2.24) is 10.0 Å². The van der Waals surface area contributed by atoms with Gasteiger partial charge in [-0.1, -0.05) is 44.2 Å². The fourth-order valence-electron chi connectivity index (χ4n) is 4.15. The zero-order valence-electron chi connectivity index (χ0n) is 19.4. The average Bonchev–Trinajstić information content (AvgIpc) is 3.50. The molecule has 1 aliphatic carbocycles. The lowest BCUT2D eigenvalue weighted by Gasteiger charge is -2.25. The standard InChI is InChI=1S/C24H29N3O6S/c1-15(2)18-13-22(18)34(30,31)26-24(29)25-19(11-16-7-5-4-6-8-16)23(28)27(3)17-9-10-20-21(12-17)33-14-32-20/h4-10,12,15,18-19,22H,11,13-14H2,1-3H3,(H2,25,26,29). The predicted octanol–water partition coefficient (Wildman–Crippen LogP) is 2.66. The molecule has 0 spiro atoms. The van der Waals surface area contributed by atoms with E-state index in [0.29, 0.717) is 23.6 Å². The minimum atomic E-state index is -3.82. The molecule has 1 aliphatic heterocycles. The van der Waals surface area contributed by atoms with Gasteiger partial charge >= 0.3 is 6.03 Å². The first-order valence-electron chi connectivity index (χ1n) is 11.2. The van der Waals surface area contributed by atoms with Crippen LogP contribution in [0.3, 0.4) is 0 Å². The third kappa shape index (κ3) is 5.27. The maximum atomic E-state index is 13.4. The highest BCUT2D eigenvalue weighted by Crippen LogP contribution is 2.42. The Bertz CT molecular complexity index is 1170. The molecule has 2 aliphatic rings. The number of carbonyl (C=O) groups excluding carboxylic acids is 2. The Morgan fingerprint density at radius 2 is 1.79 bits per heavy atom. The van der Waals surface area contributed by atoms with Crippen LogP contribution in [0.5, 0.6) is 11.5 Å². The van der Waals surface area contributed by atoms with E-state index in [4.69, 9.17) is 9.47 Å². The number of urea groups is 1. The Hall–Kier alpha value is -3.27. The molecule has 1 heterocycles. The molecule has 2 aromatic rings. The molecule has 10 heteroatoms. The Labute approximate surface area is 199 Å². The molecule has 3 atom stereocenters. The van der Waals surface area contributed by atoms with Gasteiger partial charge in [-0.05, 0) is 36.0 Å². The summed E-state index contributed by atoms with van der Waals surface area (Å²) >= 11 is 0. The van der Waals surface area contributed by atoms with Crippen molar-refractivity contribution in [2.24, 2.45) is 11.8 Å². The molecule has 0 aromatic heterocycles. The van der Waals surface area contributed by atoms with Gasteiger partial charge in [-0.25, -0.2) is 17.9 Å². The molecule has 9 nitrogen and oxygen atoms in total. The van der Waals surface area contributed by atoms with Gasteiger partial charge in [-0.15, -0.1) is 0 Å². The molecule has 34 heavy (non-hydrogen) atoms. The van der Waals surface area contributed by atoms with Crippen molar-refractivity contribution in [3.63, 3.8) is 0 Å². The highest BCUT2D eigenvalue weighted by molar-refractivity contribution is 7.91. The molecule has 1 saturated carbocycles. The average molecular weight is 488 g/mol. The first kappa shape index (κ1) is 23.9. The van der Waals surface area contributed by atoms with Crippen molar-refractivity contribution in [1.29, 1.82) is 0 Å². The second kappa shape index (κ2) is 9.54. The first-order chi connectivity index (χ1) is 16.2. The number of likely N-dealkylation sites (N-methyl/N-ethyl adjacent to an activating group) is 1. The largest absolute Gasteiger partial charge is 0.454 e. The van der Waals surface area contributed by atoms with Gasteiger partial charge in [0.2, 0.25) is 22.7 Å². The number of nitrogens with one attached hydrogen (secondary N) is 2. The van der Waals surface area contributed by atoms with Crippen molar-refractivity contribution in [2.45, 2.75) is 38.0 Å². The Morgan fingerprint density at radius 1 is 1.09 bits per heavy atom. The van der Waals surface area contributed by atoms with Gasteiger partial charge in [-0.2, -0.15) is 0 Å². The molecular formula is C24H29N3O6S. The smallest absolute Gasteiger partial charge is 0.329 e. The minimum absolute atomic E-state index is 0.0317. The van der Waals surface area contributed by atoms with Gasteiger partial charge in [0.25, 0.3) is 0 Å². The van der Waals surface area contributed by atoms with Crippen LogP contribution in [0.25, 0.3) is 0 Å². The summed E-state index contributed by atoms with van der Waals surface area (Å²) in [6.45, 7) is 4.03. The van der Waals surface area contributed by atoms with Crippen molar-refractivity contribution in [3.8, 4) is 11.5 Å². The quantitative estimate of drug-likeness (QED) is 0.592. The monoisotopic (exact) mass is 487 g/mol. The minimum Gasteiger partial charge on any atom is -0.454 e. The van der Waals surface area contributed by atoms with Crippen LogP contribution in [0.1, 0.15) is 25.8 Å². The van der Waals surface area contributed by atoms with Crippen LogP contribution in [-0.2, 0) is 21.2 Å². The van der Waals surface area contributed by atoms with Crippen molar-refractivity contribution < 1.29 is 27.5 Å². The Kier molecular flexibility index (Phi) is 6.70. The molecule has 1 fully saturated rings. The van der Waals surface area contributed by atoms with E-state index in [0.717, 1.165) is 5.56 Å². The number of hydrogen-bond donors (Lipinski definition) is 2. The van der Waals surface area contributed by atoms with Gasteiger partial charge in [0.05, 0.1) is 5.25 Å². The molecule has 2 aromatic carbocycles. The highest BCUT2D eigenvalue weighted by atomic mass is 32.2. The van der Waals surface area contributed by atoms with Crippen LogP contribution in [0.15, 0.2) is 48.5 Å². The summed E-state index contributed by atoms with van der Waals surface area (Å²) in [7, 11) is -2.23. The van der Waals surface area contributed by atoms with E-state index >= 15 is 0 Å². The van der Waals surface area contributed by atoms with Crippen LogP contribution >= 0.6 is 0 Å². The molecule has 3 amide bonds. The molecule has 4 rings (SSSR count). The van der Waals surface area contributed by atoms with E-state index in [2.05, 4.69) is 10.0 Å². The van der Waals surface area contributed by atoms with Crippen molar-refractivity contribution >= 4 is 27.6 Å². The van der Waals surface area contributed by atoms with E-state index in [1.807, 2.05) is 44.2 Å². The summed E-state index contributed by atoms with van der Waals surface area (Å²) in [6, 6.07) is 12.4. The number of carbonyl (C=O) groups is 2. The Balaban J connectivity index is 1.49. The summed E-state index contributed by atoms with van der Waals surface area (Å²) in [5, 5.41) is 1.99. The number of hydrogen-bond acceptors (Lipinski definition) is 6. The number of fused-ring (bicyclic) bond motifs is 1. The number of nitrogens with zero attached hydrogens (tertiary/aromatic N) is 1. The van der Waals surface area contributed by atoms with Crippen LogP contribution in [0, 0.1) is 11.8 Å².